The van der Waals surface area contributed by atoms with Crippen LogP contribution in [0.4, 0.5) is 5.82 Å². The van der Waals surface area contributed by atoms with Crippen LogP contribution in [-0.2, 0) is 0 Å². The van der Waals surface area contributed by atoms with Crippen LogP contribution in [0.2, 0.25) is 5.15 Å². The zero-order chi connectivity index (χ0) is 7.40. The van der Waals surface area contributed by atoms with Crippen molar-refractivity contribution in [2.45, 2.75) is 0 Å². The molecule has 0 aliphatic carbocycles. The molecule has 0 spiro atoms. The Hall–Kier alpha value is -0.390. The topological polar surface area (TPSA) is 63.8 Å². The maximum absolute atomic E-state index is 5.61. The molecular formula is C4H7ClN4S. The van der Waals surface area contributed by atoms with E-state index in [-0.39, 0.29) is 0 Å². The highest BCUT2D eigenvalue weighted by Crippen LogP contribution is 2.16. The molecule has 0 radical (unpaired) electrons. The van der Waals surface area contributed by atoms with Gasteiger partial charge >= 0.3 is 0 Å². The lowest BCUT2D eigenvalue weighted by Gasteiger charge is -1.97. The summed E-state index contributed by atoms with van der Waals surface area (Å²) in [7, 11) is 0. The Morgan fingerprint density at radius 2 is 2.40 bits per heavy atom. The third-order valence-electron chi connectivity index (χ3n) is 0.885. The first-order valence-electron chi connectivity index (χ1n) is 2.76. The average molecular weight is 179 g/mol. The Bertz CT molecular complexity index is 201. The molecule has 0 aromatic carbocycles. The maximum atomic E-state index is 5.61. The minimum Gasteiger partial charge on any atom is -0.365 e. The Labute approximate surface area is 67.7 Å². The van der Waals surface area contributed by atoms with Crippen LogP contribution < -0.4 is 11.1 Å². The zero-order valence-corrected chi connectivity index (χ0v) is 6.74. The molecule has 0 aliphatic rings. The van der Waals surface area contributed by atoms with Crippen molar-refractivity contribution < 1.29 is 0 Å². The lowest BCUT2D eigenvalue weighted by molar-refractivity contribution is 1.02. The first-order chi connectivity index (χ1) is 4.84. The fraction of sp³-hybridized carbons (Fsp3) is 0.500. The van der Waals surface area contributed by atoms with E-state index in [1.54, 1.807) is 0 Å². The van der Waals surface area contributed by atoms with Crippen LogP contribution in [0.5, 0.6) is 0 Å². The molecule has 6 heteroatoms. The highest BCUT2D eigenvalue weighted by atomic mass is 35.5. The second-order valence-corrected chi connectivity index (χ2v) is 2.51. The van der Waals surface area contributed by atoms with E-state index in [0.717, 1.165) is 11.7 Å². The van der Waals surface area contributed by atoms with Crippen molar-refractivity contribution in [2.75, 3.05) is 18.4 Å². The number of hydrogen-bond acceptors (Lipinski definition) is 5. The molecule has 1 aromatic rings. The van der Waals surface area contributed by atoms with Crippen LogP contribution in [-0.4, -0.2) is 21.8 Å². The summed E-state index contributed by atoms with van der Waals surface area (Å²) in [5.41, 5.74) is 5.24. The predicted molar refractivity (Wildman–Crippen MR) is 42.5 cm³/mol. The van der Waals surface area contributed by atoms with E-state index in [1.807, 2.05) is 0 Å². The van der Waals surface area contributed by atoms with Crippen molar-refractivity contribution in [3.8, 4) is 0 Å². The minimum atomic E-state index is 0.415. The molecule has 1 rings (SSSR count). The van der Waals surface area contributed by atoms with Gasteiger partial charge < -0.3 is 11.1 Å². The lowest BCUT2D eigenvalue weighted by atomic mass is 10.6. The summed E-state index contributed by atoms with van der Waals surface area (Å²) in [6.07, 6.45) is 0. The molecule has 0 aliphatic heterocycles. The Morgan fingerprint density at radius 3 is 2.90 bits per heavy atom. The summed E-state index contributed by atoms with van der Waals surface area (Å²) in [6, 6.07) is 0. The van der Waals surface area contributed by atoms with Crippen LogP contribution in [0.15, 0.2) is 0 Å². The Kier molecular flexibility index (Phi) is 2.85. The quantitative estimate of drug-likeness (QED) is 0.710. The van der Waals surface area contributed by atoms with Crippen LogP contribution in [0.1, 0.15) is 0 Å². The van der Waals surface area contributed by atoms with Crippen LogP contribution in [0.25, 0.3) is 0 Å². The van der Waals surface area contributed by atoms with Gasteiger partial charge in [0.25, 0.3) is 0 Å². The first kappa shape index (κ1) is 7.71. The largest absolute Gasteiger partial charge is 0.365 e. The van der Waals surface area contributed by atoms with Crippen molar-refractivity contribution in [2.24, 2.45) is 5.73 Å². The van der Waals surface area contributed by atoms with Gasteiger partial charge in [0.2, 0.25) is 0 Å². The number of aromatic nitrogens is 2. The van der Waals surface area contributed by atoms with E-state index in [2.05, 4.69) is 14.1 Å². The molecule has 0 amide bonds. The van der Waals surface area contributed by atoms with E-state index in [1.165, 1.54) is 0 Å². The first-order valence-corrected chi connectivity index (χ1v) is 3.87. The Morgan fingerprint density at radius 1 is 1.60 bits per heavy atom. The van der Waals surface area contributed by atoms with Gasteiger partial charge in [0.15, 0.2) is 11.0 Å². The van der Waals surface area contributed by atoms with Gasteiger partial charge in [-0.25, -0.2) is 0 Å². The summed E-state index contributed by atoms with van der Waals surface area (Å²) in [5, 5.41) is 3.34. The van der Waals surface area contributed by atoms with Crippen molar-refractivity contribution >= 4 is 29.1 Å². The van der Waals surface area contributed by atoms with Gasteiger partial charge in [-0.3, -0.25) is 0 Å². The van der Waals surface area contributed by atoms with Crippen LogP contribution in [0.3, 0.4) is 0 Å². The lowest BCUT2D eigenvalue weighted by Crippen LogP contribution is -2.13. The molecule has 0 bridgehead atoms. The van der Waals surface area contributed by atoms with E-state index in [9.17, 15) is 0 Å². The van der Waals surface area contributed by atoms with Gasteiger partial charge in [-0.2, -0.15) is 8.75 Å². The summed E-state index contributed by atoms with van der Waals surface area (Å²) in [5.74, 6) is 0.622. The molecule has 0 unspecified atom stereocenters. The minimum absolute atomic E-state index is 0.415. The fourth-order valence-corrected chi connectivity index (χ4v) is 1.16. The van der Waals surface area contributed by atoms with Crippen molar-refractivity contribution in [1.82, 2.24) is 8.75 Å². The second-order valence-electron chi connectivity index (χ2n) is 1.62. The summed E-state index contributed by atoms with van der Waals surface area (Å²) in [6.45, 7) is 1.24. The van der Waals surface area contributed by atoms with Crippen molar-refractivity contribution in [3.05, 3.63) is 5.15 Å². The summed E-state index contributed by atoms with van der Waals surface area (Å²) >= 11 is 6.69. The van der Waals surface area contributed by atoms with E-state index < -0.39 is 0 Å². The van der Waals surface area contributed by atoms with Gasteiger partial charge in [0.05, 0.1) is 11.7 Å². The number of anilines is 1. The summed E-state index contributed by atoms with van der Waals surface area (Å²) < 4.78 is 7.65. The molecule has 3 N–H and O–H groups in total. The molecular weight excluding hydrogens is 172 g/mol. The van der Waals surface area contributed by atoms with E-state index >= 15 is 0 Å². The van der Waals surface area contributed by atoms with Gasteiger partial charge in [-0.15, -0.1) is 0 Å². The van der Waals surface area contributed by atoms with Crippen LogP contribution in [0, 0.1) is 0 Å². The van der Waals surface area contributed by atoms with Crippen molar-refractivity contribution in [3.63, 3.8) is 0 Å². The standard InChI is InChI=1S/C4H7ClN4S/c5-3-4(7-2-1-6)9-10-8-3/h1-2,6H2,(H,7,9). The third-order valence-corrected chi connectivity index (χ3v) is 1.78. The van der Waals surface area contributed by atoms with Crippen LogP contribution >= 0.6 is 23.3 Å². The third kappa shape index (κ3) is 1.80. The number of halogens is 1. The van der Waals surface area contributed by atoms with Gasteiger partial charge in [0, 0.05) is 13.1 Å². The molecule has 1 aromatic heterocycles. The molecule has 10 heavy (non-hydrogen) atoms. The maximum Gasteiger partial charge on any atom is 0.186 e. The molecule has 4 nitrogen and oxygen atoms in total. The predicted octanol–water partition coefficient (Wildman–Crippen LogP) is 0.562. The number of nitrogens with zero attached hydrogens (tertiary/aromatic N) is 2. The number of nitrogens with one attached hydrogen (secondary N) is 1. The fourth-order valence-electron chi connectivity index (χ4n) is 0.474. The highest BCUT2D eigenvalue weighted by molar-refractivity contribution is 6.99. The molecule has 0 atom stereocenters. The SMILES string of the molecule is NCCNc1nsnc1Cl. The average Bonchev–Trinajstić information content (AvgIpc) is 2.31. The zero-order valence-electron chi connectivity index (χ0n) is 5.17. The second kappa shape index (κ2) is 3.70. The van der Waals surface area contributed by atoms with Crippen molar-refractivity contribution in [1.29, 1.82) is 0 Å². The number of nitrogens with two attached hydrogens (primary N) is 1. The smallest absolute Gasteiger partial charge is 0.186 e. The molecule has 0 saturated carbocycles. The number of hydrogen-bond donors (Lipinski definition) is 2. The van der Waals surface area contributed by atoms with Gasteiger partial charge in [0.1, 0.15) is 0 Å². The highest BCUT2D eigenvalue weighted by Gasteiger charge is 2.01. The van der Waals surface area contributed by atoms with Gasteiger partial charge in [-0.1, -0.05) is 11.6 Å². The summed E-state index contributed by atoms with van der Waals surface area (Å²) in [4.78, 5) is 0. The van der Waals surface area contributed by atoms with E-state index in [0.29, 0.717) is 24.1 Å². The molecule has 56 valence electrons. The Balaban J connectivity index is 2.49. The van der Waals surface area contributed by atoms with Gasteiger partial charge in [-0.05, 0) is 0 Å². The monoisotopic (exact) mass is 178 g/mol. The molecule has 1 heterocycles. The molecule has 0 fully saturated rings. The normalized spacial score (nSPS) is 9.80. The molecule has 0 saturated heterocycles. The number of rotatable bonds is 3. The van der Waals surface area contributed by atoms with E-state index in [4.69, 9.17) is 17.3 Å².